The standard InChI is InChI=1S/C19H27N3/c1-14(2)17-12-16(22-19(17)18-10-7-11-20-18)13-21-15-8-5-3-4-6-9-15/h7,10-15,20,22H,3-6,8-9H2,1-2H3. The molecule has 2 N–H and O–H groups in total. The van der Waals surface area contributed by atoms with Crippen LogP contribution in [0.2, 0.25) is 0 Å². The third kappa shape index (κ3) is 3.52. The van der Waals surface area contributed by atoms with Crippen molar-refractivity contribution in [3.8, 4) is 11.4 Å². The number of aliphatic imine (C=N–C) groups is 1. The van der Waals surface area contributed by atoms with Crippen molar-refractivity contribution < 1.29 is 0 Å². The molecule has 0 radical (unpaired) electrons. The van der Waals surface area contributed by atoms with Crippen LogP contribution in [0, 0.1) is 0 Å². The average molecular weight is 297 g/mol. The van der Waals surface area contributed by atoms with Gasteiger partial charge in [0.05, 0.1) is 23.1 Å². The summed E-state index contributed by atoms with van der Waals surface area (Å²) in [5.41, 5.74) is 4.82. The van der Waals surface area contributed by atoms with Crippen molar-refractivity contribution in [1.82, 2.24) is 9.97 Å². The van der Waals surface area contributed by atoms with E-state index < -0.39 is 0 Å². The SMILES string of the molecule is CC(C)c1cc(C=NC2CCCCCC2)[nH]c1-c1ccc[nH]1. The molecule has 1 aliphatic rings. The number of hydrogen-bond acceptors (Lipinski definition) is 1. The third-order valence-corrected chi connectivity index (χ3v) is 4.61. The Hall–Kier alpha value is -1.77. The summed E-state index contributed by atoms with van der Waals surface area (Å²) in [6.45, 7) is 4.48. The van der Waals surface area contributed by atoms with Crippen LogP contribution in [-0.2, 0) is 0 Å². The van der Waals surface area contributed by atoms with Crippen molar-refractivity contribution >= 4 is 6.21 Å². The van der Waals surface area contributed by atoms with E-state index >= 15 is 0 Å². The Balaban J connectivity index is 1.80. The lowest BCUT2D eigenvalue weighted by molar-refractivity contribution is 0.588. The van der Waals surface area contributed by atoms with Gasteiger partial charge in [0.2, 0.25) is 0 Å². The van der Waals surface area contributed by atoms with Gasteiger partial charge in [0.25, 0.3) is 0 Å². The minimum absolute atomic E-state index is 0.495. The van der Waals surface area contributed by atoms with E-state index in [0.29, 0.717) is 12.0 Å². The first-order chi connectivity index (χ1) is 10.7. The highest BCUT2D eigenvalue weighted by atomic mass is 14.8. The fraction of sp³-hybridized carbons (Fsp3) is 0.526. The second kappa shape index (κ2) is 6.99. The monoisotopic (exact) mass is 297 g/mol. The number of rotatable bonds is 4. The van der Waals surface area contributed by atoms with Crippen LogP contribution in [0.3, 0.4) is 0 Å². The predicted octanol–water partition coefficient (Wildman–Crippen LogP) is 5.27. The molecule has 3 rings (SSSR count). The van der Waals surface area contributed by atoms with Gasteiger partial charge in [-0.15, -0.1) is 0 Å². The van der Waals surface area contributed by atoms with Crippen molar-refractivity contribution in [2.45, 2.75) is 64.3 Å². The molecule has 0 bridgehead atoms. The van der Waals surface area contributed by atoms with Crippen molar-refractivity contribution in [2.75, 3.05) is 0 Å². The summed E-state index contributed by atoms with van der Waals surface area (Å²) in [5, 5.41) is 0. The lowest BCUT2D eigenvalue weighted by atomic mass is 10.0. The second-order valence-electron chi connectivity index (χ2n) is 6.72. The zero-order valence-corrected chi connectivity index (χ0v) is 13.7. The molecule has 3 heteroatoms. The van der Waals surface area contributed by atoms with Crippen LogP contribution in [0.25, 0.3) is 11.4 Å². The molecule has 0 saturated heterocycles. The van der Waals surface area contributed by atoms with E-state index in [1.165, 1.54) is 49.8 Å². The van der Waals surface area contributed by atoms with E-state index in [9.17, 15) is 0 Å². The maximum absolute atomic E-state index is 4.84. The van der Waals surface area contributed by atoms with Crippen LogP contribution in [0.4, 0.5) is 0 Å². The number of nitrogens with one attached hydrogen (secondary N) is 2. The van der Waals surface area contributed by atoms with Gasteiger partial charge in [-0.3, -0.25) is 4.99 Å². The zero-order chi connectivity index (χ0) is 15.4. The number of H-pyrrole nitrogens is 2. The van der Waals surface area contributed by atoms with Crippen LogP contribution in [0.1, 0.15) is 69.5 Å². The largest absolute Gasteiger partial charge is 0.360 e. The van der Waals surface area contributed by atoms with Crippen molar-refractivity contribution in [1.29, 1.82) is 0 Å². The van der Waals surface area contributed by atoms with E-state index in [1.807, 2.05) is 18.5 Å². The Morgan fingerprint density at radius 1 is 1.18 bits per heavy atom. The smallest absolute Gasteiger partial charge is 0.0659 e. The Morgan fingerprint density at radius 3 is 2.59 bits per heavy atom. The van der Waals surface area contributed by atoms with Crippen LogP contribution < -0.4 is 0 Å². The Bertz CT molecular complexity index is 597. The van der Waals surface area contributed by atoms with Crippen molar-refractivity contribution in [2.24, 2.45) is 4.99 Å². The number of aromatic nitrogens is 2. The highest BCUT2D eigenvalue weighted by Gasteiger charge is 2.14. The molecule has 0 aliphatic heterocycles. The first-order valence-electron chi connectivity index (χ1n) is 8.64. The highest BCUT2D eigenvalue weighted by Crippen LogP contribution is 2.28. The lowest BCUT2D eigenvalue weighted by Gasteiger charge is -2.06. The molecule has 3 nitrogen and oxygen atoms in total. The van der Waals surface area contributed by atoms with Crippen LogP contribution in [0.15, 0.2) is 29.4 Å². The number of nitrogens with zero attached hydrogens (tertiary/aromatic N) is 1. The first-order valence-corrected chi connectivity index (χ1v) is 8.64. The zero-order valence-electron chi connectivity index (χ0n) is 13.7. The summed E-state index contributed by atoms with van der Waals surface area (Å²) in [6, 6.07) is 6.92. The summed E-state index contributed by atoms with van der Waals surface area (Å²) in [6.07, 6.45) is 11.9. The van der Waals surface area contributed by atoms with Crippen LogP contribution >= 0.6 is 0 Å². The van der Waals surface area contributed by atoms with E-state index in [4.69, 9.17) is 4.99 Å². The van der Waals surface area contributed by atoms with Gasteiger partial charge in [-0.05, 0) is 42.5 Å². The molecule has 0 amide bonds. The molecule has 2 heterocycles. The van der Waals surface area contributed by atoms with E-state index in [0.717, 1.165) is 11.4 Å². The second-order valence-corrected chi connectivity index (χ2v) is 6.72. The quantitative estimate of drug-likeness (QED) is 0.570. The lowest BCUT2D eigenvalue weighted by Crippen LogP contribution is -2.02. The van der Waals surface area contributed by atoms with Gasteiger partial charge in [0.1, 0.15) is 0 Å². The van der Waals surface area contributed by atoms with Crippen LogP contribution in [-0.4, -0.2) is 22.2 Å². The molecule has 2 aromatic rings. The maximum atomic E-state index is 4.84. The van der Waals surface area contributed by atoms with Gasteiger partial charge >= 0.3 is 0 Å². The molecule has 0 unspecified atom stereocenters. The minimum atomic E-state index is 0.495. The summed E-state index contributed by atoms with van der Waals surface area (Å²) in [7, 11) is 0. The van der Waals surface area contributed by atoms with Crippen LogP contribution in [0.5, 0.6) is 0 Å². The molecule has 1 saturated carbocycles. The van der Waals surface area contributed by atoms with E-state index in [-0.39, 0.29) is 0 Å². The van der Waals surface area contributed by atoms with Gasteiger partial charge < -0.3 is 9.97 Å². The van der Waals surface area contributed by atoms with Gasteiger partial charge in [0, 0.05) is 12.4 Å². The van der Waals surface area contributed by atoms with E-state index in [2.05, 4.69) is 35.9 Å². The summed E-state index contributed by atoms with van der Waals surface area (Å²) in [5.74, 6) is 0.495. The average Bonchev–Trinajstić information content (AvgIpc) is 3.10. The van der Waals surface area contributed by atoms with Crippen molar-refractivity contribution in [3.63, 3.8) is 0 Å². The number of aromatic amines is 2. The first kappa shape index (κ1) is 15.1. The molecule has 0 atom stereocenters. The summed E-state index contributed by atoms with van der Waals surface area (Å²) < 4.78 is 0. The molecule has 0 spiro atoms. The Morgan fingerprint density at radius 2 is 1.95 bits per heavy atom. The molecule has 1 aliphatic carbocycles. The topological polar surface area (TPSA) is 43.9 Å². The van der Waals surface area contributed by atoms with Crippen molar-refractivity contribution in [3.05, 3.63) is 35.7 Å². The third-order valence-electron chi connectivity index (χ3n) is 4.61. The van der Waals surface area contributed by atoms with Gasteiger partial charge in [-0.25, -0.2) is 0 Å². The molecule has 2 aromatic heterocycles. The minimum Gasteiger partial charge on any atom is -0.360 e. The Kier molecular flexibility index (Phi) is 4.81. The fourth-order valence-electron chi connectivity index (χ4n) is 3.32. The normalized spacial score (nSPS) is 17.4. The van der Waals surface area contributed by atoms with Gasteiger partial charge in [0.15, 0.2) is 0 Å². The summed E-state index contributed by atoms with van der Waals surface area (Å²) in [4.78, 5) is 11.7. The van der Waals surface area contributed by atoms with E-state index in [1.54, 1.807) is 0 Å². The molecule has 1 fully saturated rings. The fourth-order valence-corrected chi connectivity index (χ4v) is 3.32. The van der Waals surface area contributed by atoms with Gasteiger partial charge in [-0.2, -0.15) is 0 Å². The predicted molar refractivity (Wildman–Crippen MR) is 93.8 cm³/mol. The highest BCUT2D eigenvalue weighted by molar-refractivity contribution is 5.80. The molecule has 0 aromatic carbocycles. The number of hydrogen-bond donors (Lipinski definition) is 2. The summed E-state index contributed by atoms with van der Waals surface area (Å²) >= 11 is 0. The molecule has 118 valence electrons. The maximum Gasteiger partial charge on any atom is 0.0659 e. The van der Waals surface area contributed by atoms with Gasteiger partial charge in [-0.1, -0.05) is 39.5 Å². The Labute approximate surface area is 133 Å². The molecular weight excluding hydrogens is 270 g/mol. The molecule has 22 heavy (non-hydrogen) atoms. The molecular formula is C19H27N3.